The number of H-pyrrole nitrogens is 1. The first-order valence-corrected chi connectivity index (χ1v) is 11.8. The number of benzene rings is 2. The Morgan fingerprint density at radius 1 is 1.09 bits per heavy atom. The molecule has 0 saturated heterocycles. The summed E-state index contributed by atoms with van der Waals surface area (Å²) < 4.78 is 6.93. The Labute approximate surface area is 208 Å². The van der Waals surface area contributed by atoms with Crippen LogP contribution in [0.4, 0.5) is 0 Å². The fraction of sp³-hybridized carbons (Fsp3) is 0.269. The first-order valence-electron chi connectivity index (χ1n) is 11.4. The first kappa shape index (κ1) is 24.3. The maximum atomic E-state index is 13.1. The van der Waals surface area contributed by atoms with E-state index < -0.39 is 5.97 Å². The highest BCUT2D eigenvalue weighted by atomic mass is 35.5. The number of nitrogens with one attached hydrogen (secondary N) is 1. The quantitative estimate of drug-likeness (QED) is 0.256. The normalized spacial score (nSPS) is 10.9. The molecule has 0 bridgehead atoms. The van der Waals surface area contributed by atoms with E-state index in [0.29, 0.717) is 35.1 Å². The molecule has 0 fully saturated rings. The zero-order chi connectivity index (χ0) is 24.8. The van der Waals surface area contributed by atoms with Gasteiger partial charge in [-0.3, -0.25) is 9.89 Å². The third-order valence-corrected chi connectivity index (χ3v) is 6.09. The van der Waals surface area contributed by atoms with Crippen molar-refractivity contribution in [1.82, 2.24) is 24.7 Å². The Balaban J connectivity index is 1.60. The lowest BCUT2D eigenvalue weighted by atomic mass is 9.97. The second-order valence-corrected chi connectivity index (χ2v) is 8.49. The van der Waals surface area contributed by atoms with Crippen molar-refractivity contribution in [3.63, 3.8) is 0 Å². The number of carbonyl (C=O) groups is 2. The number of hydrogen-bond donors (Lipinski definition) is 1. The summed E-state index contributed by atoms with van der Waals surface area (Å²) in [5, 5.41) is 7.26. The molecular weight excluding hydrogens is 466 g/mol. The molecule has 0 atom stereocenters. The van der Waals surface area contributed by atoms with E-state index in [1.54, 1.807) is 36.4 Å². The van der Waals surface area contributed by atoms with E-state index in [1.807, 2.05) is 12.1 Å². The van der Waals surface area contributed by atoms with Crippen LogP contribution >= 0.6 is 11.6 Å². The van der Waals surface area contributed by atoms with Gasteiger partial charge in [-0.05, 0) is 18.1 Å². The van der Waals surface area contributed by atoms with E-state index >= 15 is 0 Å². The average Bonchev–Trinajstić information content (AvgIpc) is 3.51. The molecule has 4 aromatic rings. The molecule has 0 aliphatic carbocycles. The summed E-state index contributed by atoms with van der Waals surface area (Å²) in [7, 11) is 1.30. The number of hydrogen-bond acceptors (Lipinski definition) is 6. The van der Waals surface area contributed by atoms with Gasteiger partial charge in [-0.1, -0.05) is 67.4 Å². The van der Waals surface area contributed by atoms with E-state index in [0.717, 1.165) is 36.3 Å². The van der Waals surface area contributed by atoms with Crippen LogP contribution in [0.15, 0.2) is 54.9 Å². The lowest BCUT2D eigenvalue weighted by molar-refractivity contribution is 0.0597. The lowest BCUT2D eigenvalue weighted by Crippen LogP contribution is -2.12. The van der Waals surface area contributed by atoms with Crippen molar-refractivity contribution in [1.29, 1.82) is 0 Å². The van der Waals surface area contributed by atoms with Crippen molar-refractivity contribution in [3.8, 4) is 0 Å². The van der Waals surface area contributed by atoms with Crippen molar-refractivity contribution in [2.45, 2.75) is 39.2 Å². The molecule has 1 N–H and O–H groups in total. The largest absolute Gasteiger partial charge is 0.465 e. The molecule has 9 heteroatoms. The zero-order valence-corrected chi connectivity index (χ0v) is 20.4. The van der Waals surface area contributed by atoms with E-state index in [9.17, 15) is 9.59 Å². The number of imidazole rings is 1. The van der Waals surface area contributed by atoms with Crippen molar-refractivity contribution in [2.24, 2.45) is 0 Å². The van der Waals surface area contributed by atoms with Gasteiger partial charge in [-0.2, -0.15) is 5.10 Å². The molecule has 0 aliphatic rings. The van der Waals surface area contributed by atoms with Gasteiger partial charge in [0.2, 0.25) is 0 Å². The number of carbonyl (C=O) groups excluding carboxylic acids is 2. The first-order chi connectivity index (χ1) is 17.0. The van der Waals surface area contributed by atoms with Gasteiger partial charge in [0, 0.05) is 24.1 Å². The molecule has 2 aromatic carbocycles. The second-order valence-electron chi connectivity index (χ2n) is 8.13. The standard InChI is InChI=1S/C26H26ClN5O3/c1-3-4-9-23-30-25(27)21(14-22-28-16-29-31-22)32(23)15-17-10-12-18(13-11-17)24(33)19-7-5-6-8-20(19)26(34)35-2/h5-8,10-13,16H,3-4,9,14-15H2,1-2H3,(H,28,29,31). The fourth-order valence-electron chi connectivity index (χ4n) is 3.93. The van der Waals surface area contributed by atoms with Gasteiger partial charge < -0.3 is 9.30 Å². The number of nitrogens with zero attached hydrogens (tertiary/aromatic N) is 4. The second kappa shape index (κ2) is 11.1. The molecule has 0 unspecified atom stereocenters. The van der Waals surface area contributed by atoms with E-state index in [-0.39, 0.29) is 11.3 Å². The molecular formula is C26H26ClN5O3. The van der Waals surface area contributed by atoms with Crippen LogP contribution < -0.4 is 0 Å². The molecule has 0 aliphatic heterocycles. The topological polar surface area (TPSA) is 103 Å². The van der Waals surface area contributed by atoms with Gasteiger partial charge in [0.25, 0.3) is 0 Å². The minimum atomic E-state index is -0.540. The van der Waals surface area contributed by atoms with E-state index in [1.165, 1.54) is 13.4 Å². The number of ether oxygens (including phenoxy) is 1. The Bertz CT molecular complexity index is 1310. The van der Waals surface area contributed by atoms with Crippen LogP contribution in [0, 0.1) is 0 Å². The summed E-state index contributed by atoms with van der Waals surface area (Å²) >= 11 is 6.52. The van der Waals surface area contributed by atoms with E-state index in [2.05, 4.69) is 31.7 Å². The van der Waals surface area contributed by atoms with Crippen LogP contribution in [0.25, 0.3) is 0 Å². The number of aromatic amines is 1. The third-order valence-electron chi connectivity index (χ3n) is 5.79. The molecule has 0 spiro atoms. The van der Waals surface area contributed by atoms with Gasteiger partial charge in [-0.25, -0.2) is 14.8 Å². The monoisotopic (exact) mass is 491 g/mol. The SMILES string of the molecule is CCCCc1nc(Cl)c(Cc2ncn[nH]2)n1Cc1ccc(C(=O)c2ccccc2C(=O)OC)cc1. The van der Waals surface area contributed by atoms with Crippen molar-refractivity contribution >= 4 is 23.4 Å². The molecule has 0 amide bonds. The third kappa shape index (κ3) is 5.49. The van der Waals surface area contributed by atoms with Crippen molar-refractivity contribution < 1.29 is 14.3 Å². The highest BCUT2D eigenvalue weighted by Gasteiger charge is 2.20. The average molecular weight is 492 g/mol. The Morgan fingerprint density at radius 3 is 2.49 bits per heavy atom. The molecule has 0 saturated carbocycles. The Hall–Kier alpha value is -3.78. The van der Waals surface area contributed by atoms with Gasteiger partial charge >= 0.3 is 5.97 Å². The highest BCUT2D eigenvalue weighted by molar-refractivity contribution is 6.30. The van der Waals surface area contributed by atoms with Crippen LogP contribution in [-0.4, -0.2) is 43.6 Å². The minimum absolute atomic E-state index is 0.238. The zero-order valence-electron chi connectivity index (χ0n) is 19.6. The summed E-state index contributed by atoms with van der Waals surface area (Å²) in [4.78, 5) is 34.0. The maximum Gasteiger partial charge on any atom is 0.338 e. The predicted octanol–water partition coefficient (Wildman–Crippen LogP) is 4.65. The number of ketones is 1. The van der Waals surface area contributed by atoms with Crippen LogP contribution in [0.2, 0.25) is 5.15 Å². The molecule has 0 radical (unpaired) electrons. The molecule has 180 valence electrons. The number of aryl methyl sites for hydroxylation is 1. The molecule has 2 heterocycles. The van der Waals surface area contributed by atoms with Crippen LogP contribution in [0.1, 0.15) is 69.0 Å². The van der Waals surface area contributed by atoms with Crippen molar-refractivity contribution in [2.75, 3.05) is 7.11 Å². The van der Waals surface area contributed by atoms with Gasteiger partial charge in [0.15, 0.2) is 10.9 Å². The van der Waals surface area contributed by atoms with Crippen LogP contribution in [0.3, 0.4) is 0 Å². The van der Waals surface area contributed by atoms with Crippen molar-refractivity contribution in [3.05, 3.63) is 99.6 Å². The highest BCUT2D eigenvalue weighted by Crippen LogP contribution is 2.23. The van der Waals surface area contributed by atoms with Crippen LogP contribution in [-0.2, 0) is 24.1 Å². The summed E-state index contributed by atoms with van der Waals surface area (Å²) in [5.74, 6) is 0.846. The number of methoxy groups -OCH3 is 1. The number of esters is 1. The molecule has 35 heavy (non-hydrogen) atoms. The Kier molecular flexibility index (Phi) is 7.72. The van der Waals surface area contributed by atoms with Gasteiger partial charge in [0.1, 0.15) is 18.0 Å². The van der Waals surface area contributed by atoms with Gasteiger partial charge in [0.05, 0.1) is 24.8 Å². The van der Waals surface area contributed by atoms with Gasteiger partial charge in [-0.15, -0.1) is 0 Å². The molecule has 2 aromatic heterocycles. The number of rotatable bonds is 10. The lowest BCUT2D eigenvalue weighted by Gasteiger charge is -2.13. The molecule has 8 nitrogen and oxygen atoms in total. The maximum absolute atomic E-state index is 13.1. The fourth-order valence-corrected chi connectivity index (χ4v) is 4.20. The number of halogens is 1. The van der Waals surface area contributed by atoms with E-state index in [4.69, 9.17) is 16.3 Å². The smallest absolute Gasteiger partial charge is 0.338 e. The number of aromatic nitrogens is 5. The summed E-state index contributed by atoms with van der Waals surface area (Å²) in [5.41, 5.74) is 2.90. The Morgan fingerprint density at radius 2 is 1.83 bits per heavy atom. The van der Waals surface area contributed by atoms with Crippen LogP contribution in [0.5, 0.6) is 0 Å². The molecule has 4 rings (SSSR count). The summed E-state index contributed by atoms with van der Waals surface area (Å²) in [6, 6.07) is 14.0. The number of unbranched alkanes of at least 4 members (excludes halogenated alkanes) is 1. The minimum Gasteiger partial charge on any atom is -0.465 e. The summed E-state index contributed by atoms with van der Waals surface area (Å²) in [6.45, 7) is 2.69. The summed E-state index contributed by atoms with van der Waals surface area (Å²) in [6.07, 6.45) is 4.82. The predicted molar refractivity (Wildman–Crippen MR) is 132 cm³/mol.